The number of benzene rings is 2. The molecule has 2 N–H and O–H groups in total. The van der Waals surface area contributed by atoms with Crippen molar-refractivity contribution in [1.29, 1.82) is 0 Å². The summed E-state index contributed by atoms with van der Waals surface area (Å²) in [5.41, 5.74) is 12.8. The summed E-state index contributed by atoms with van der Waals surface area (Å²) in [5, 5.41) is 0. The van der Waals surface area contributed by atoms with E-state index in [4.69, 9.17) is 5.73 Å². The van der Waals surface area contributed by atoms with E-state index in [0.717, 1.165) is 19.6 Å². The van der Waals surface area contributed by atoms with Gasteiger partial charge in [0.05, 0.1) is 0 Å². The first kappa shape index (κ1) is 15.1. The van der Waals surface area contributed by atoms with Crippen LogP contribution in [0.2, 0.25) is 0 Å². The molecule has 3 heteroatoms. The summed E-state index contributed by atoms with van der Waals surface area (Å²) >= 11 is 0. The number of nitrogens with zero attached hydrogens (tertiary/aromatic N) is 2. The predicted molar refractivity (Wildman–Crippen MR) is 97.2 cm³/mol. The Kier molecular flexibility index (Phi) is 4.11. The van der Waals surface area contributed by atoms with Crippen molar-refractivity contribution >= 4 is 0 Å². The Hall–Kier alpha value is -2.49. The van der Waals surface area contributed by atoms with Crippen LogP contribution in [0.1, 0.15) is 22.7 Å². The normalized spacial score (nSPS) is 17.5. The van der Waals surface area contributed by atoms with Crippen LogP contribution >= 0.6 is 0 Å². The van der Waals surface area contributed by atoms with E-state index in [1.54, 1.807) is 0 Å². The van der Waals surface area contributed by atoms with Gasteiger partial charge in [-0.05, 0) is 46.0 Å². The second kappa shape index (κ2) is 6.56. The highest BCUT2D eigenvalue weighted by atomic mass is 15.1. The van der Waals surface area contributed by atoms with Gasteiger partial charge in [0.25, 0.3) is 0 Å². The van der Waals surface area contributed by atoms with Crippen LogP contribution in [0.5, 0.6) is 0 Å². The summed E-state index contributed by atoms with van der Waals surface area (Å²) < 4.78 is 0. The molecular formula is C21H21N3. The van der Waals surface area contributed by atoms with E-state index in [9.17, 15) is 0 Å². The molecule has 1 atom stereocenters. The Labute approximate surface area is 142 Å². The lowest BCUT2D eigenvalue weighted by atomic mass is 9.95. The van der Waals surface area contributed by atoms with Crippen molar-refractivity contribution in [3.05, 3.63) is 89.7 Å². The number of nitrogens with two attached hydrogens (primary N) is 1. The van der Waals surface area contributed by atoms with Gasteiger partial charge in [-0.15, -0.1) is 0 Å². The molecule has 3 nitrogen and oxygen atoms in total. The smallest absolute Gasteiger partial charge is 0.0427 e. The van der Waals surface area contributed by atoms with Gasteiger partial charge < -0.3 is 5.73 Å². The van der Waals surface area contributed by atoms with Crippen molar-refractivity contribution in [2.75, 3.05) is 6.54 Å². The van der Waals surface area contributed by atoms with E-state index in [-0.39, 0.29) is 6.04 Å². The Bertz CT molecular complexity index is 829. The van der Waals surface area contributed by atoms with E-state index in [1.165, 1.54) is 27.8 Å². The van der Waals surface area contributed by atoms with Crippen LogP contribution in [0.4, 0.5) is 0 Å². The lowest BCUT2D eigenvalue weighted by Gasteiger charge is -2.33. The molecule has 0 saturated heterocycles. The van der Waals surface area contributed by atoms with Crippen LogP contribution in [0.3, 0.4) is 0 Å². The standard InChI is InChI=1S/C21H21N3/c22-21-15-24(14-19-5-1-2-7-20(19)21)13-16-4-3-6-18(12-16)17-8-10-23-11-9-17/h1-12,21H,13-15,22H2. The van der Waals surface area contributed by atoms with Crippen molar-refractivity contribution in [3.63, 3.8) is 0 Å². The lowest BCUT2D eigenvalue weighted by Crippen LogP contribution is -2.36. The summed E-state index contributed by atoms with van der Waals surface area (Å²) in [5.74, 6) is 0. The molecule has 0 saturated carbocycles. The largest absolute Gasteiger partial charge is 0.323 e. The molecule has 0 fully saturated rings. The van der Waals surface area contributed by atoms with E-state index in [1.807, 2.05) is 24.5 Å². The summed E-state index contributed by atoms with van der Waals surface area (Å²) in [7, 11) is 0. The van der Waals surface area contributed by atoms with Crippen molar-refractivity contribution < 1.29 is 0 Å². The molecular weight excluding hydrogens is 294 g/mol. The van der Waals surface area contributed by atoms with Crippen LogP contribution in [0, 0.1) is 0 Å². The topological polar surface area (TPSA) is 42.1 Å². The van der Waals surface area contributed by atoms with Gasteiger partial charge in [0.1, 0.15) is 0 Å². The van der Waals surface area contributed by atoms with Gasteiger partial charge >= 0.3 is 0 Å². The quantitative estimate of drug-likeness (QED) is 0.800. The maximum absolute atomic E-state index is 6.36. The van der Waals surface area contributed by atoms with E-state index < -0.39 is 0 Å². The number of rotatable bonds is 3. The molecule has 0 amide bonds. The van der Waals surface area contributed by atoms with Crippen molar-refractivity contribution in [3.8, 4) is 11.1 Å². The van der Waals surface area contributed by atoms with Gasteiger partial charge in [0, 0.05) is 38.1 Å². The molecule has 0 spiro atoms. The van der Waals surface area contributed by atoms with Gasteiger partial charge in [0.15, 0.2) is 0 Å². The van der Waals surface area contributed by atoms with E-state index in [2.05, 4.69) is 58.4 Å². The molecule has 0 aliphatic carbocycles. The molecule has 120 valence electrons. The molecule has 1 aliphatic rings. The van der Waals surface area contributed by atoms with Crippen molar-refractivity contribution in [2.45, 2.75) is 19.1 Å². The van der Waals surface area contributed by atoms with Gasteiger partial charge in [-0.3, -0.25) is 9.88 Å². The van der Waals surface area contributed by atoms with Crippen LogP contribution in [-0.4, -0.2) is 16.4 Å². The summed E-state index contributed by atoms with van der Waals surface area (Å²) in [4.78, 5) is 6.52. The highest BCUT2D eigenvalue weighted by Gasteiger charge is 2.22. The van der Waals surface area contributed by atoms with E-state index >= 15 is 0 Å². The Morgan fingerprint density at radius 2 is 1.79 bits per heavy atom. The molecule has 0 radical (unpaired) electrons. The lowest BCUT2D eigenvalue weighted by molar-refractivity contribution is 0.223. The zero-order valence-corrected chi connectivity index (χ0v) is 13.6. The molecule has 1 unspecified atom stereocenters. The molecule has 1 aromatic heterocycles. The third kappa shape index (κ3) is 3.09. The number of hydrogen-bond acceptors (Lipinski definition) is 3. The molecule has 0 bridgehead atoms. The van der Waals surface area contributed by atoms with Crippen molar-refractivity contribution in [2.24, 2.45) is 5.73 Å². The molecule has 1 aliphatic heterocycles. The molecule has 3 aromatic rings. The third-order valence-corrected chi connectivity index (χ3v) is 4.65. The molecule has 4 rings (SSSR count). The molecule has 2 heterocycles. The van der Waals surface area contributed by atoms with Gasteiger partial charge in [0.2, 0.25) is 0 Å². The minimum Gasteiger partial charge on any atom is -0.323 e. The Morgan fingerprint density at radius 1 is 0.958 bits per heavy atom. The fraction of sp³-hybridized carbons (Fsp3) is 0.190. The van der Waals surface area contributed by atoms with E-state index in [0.29, 0.717) is 0 Å². The Balaban J connectivity index is 1.54. The second-order valence-corrected chi connectivity index (χ2v) is 6.41. The summed E-state index contributed by atoms with van der Waals surface area (Å²) in [6.45, 7) is 2.78. The Morgan fingerprint density at radius 3 is 2.67 bits per heavy atom. The number of aromatic nitrogens is 1. The summed E-state index contributed by atoms with van der Waals surface area (Å²) in [6.07, 6.45) is 3.67. The maximum atomic E-state index is 6.36. The predicted octanol–water partition coefficient (Wildman–Crippen LogP) is 3.76. The number of pyridine rings is 1. The van der Waals surface area contributed by atoms with Crippen molar-refractivity contribution in [1.82, 2.24) is 9.88 Å². The first-order valence-electron chi connectivity index (χ1n) is 8.35. The zero-order valence-electron chi connectivity index (χ0n) is 13.6. The summed E-state index contributed by atoms with van der Waals surface area (Å²) in [6, 6.07) is 21.4. The van der Waals surface area contributed by atoms with Crippen LogP contribution in [0.25, 0.3) is 11.1 Å². The number of hydrogen-bond donors (Lipinski definition) is 1. The molecule has 24 heavy (non-hydrogen) atoms. The van der Waals surface area contributed by atoms with Crippen LogP contribution in [-0.2, 0) is 13.1 Å². The first-order valence-corrected chi connectivity index (χ1v) is 8.35. The maximum Gasteiger partial charge on any atom is 0.0427 e. The van der Waals surface area contributed by atoms with Crippen LogP contribution in [0.15, 0.2) is 73.1 Å². The monoisotopic (exact) mass is 315 g/mol. The van der Waals surface area contributed by atoms with Gasteiger partial charge in [-0.2, -0.15) is 0 Å². The van der Waals surface area contributed by atoms with Gasteiger partial charge in [-0.1, -0.05) is 42.5 Å². The minimum atomic E-state index is 0.0957. The fourth-order valence-corrected chi connectivity index (χ4v) is 3.49. The average Bonchev–Trinajstić information content (AvgIpc) is 2.63. The fourth-order valence-electron chi connectivity index (χ4n) is 3.49. The number of fused-ring (bicyclic) bond motifs is 1. The van der Waals surface area contributed by atoms with Gasteiger partial charge in [-0.25, -0.2) is 0 Å². The first-order chi connectivity index (χ1) is 11.8. The second-order valence-electron chi connectivity index (χ2n) is 6.41. The molecule has 2 aromatic carbocycles. The third-order valence-electron chi connectivity index (χ3n) is 4.65. The average molecular weight is 315 g/mol. The zero-order chi connectivity index (χ0) is 16.4. The SMILES string of the molecule is NC1CN(Cc2cccc(-c3ccncc3)c2)Cc2ccccc21. The highest BCUT2D eigenvalue weighted by Crippen LogP contribution is 2.27. The highest BCUT2D eigenvalue weighted by molar-refractivity contribution is 5.63. The van der Waals surface area contributed by atoms with Crippen LogP contribution < -0.4 is 5.73 Å². The minimum absolute atomic E-state index is 0.0957.